The van der Waals surface area contributed by atoms with Crippen molar-refractivity contribution in [1.82, 2.24) is 25.2 Å². The van der Waals surface area contributed by atoms with Crippen LogP contribution in [0.15, 0.2) is 42.7 Å². The Labute approximate surface area is 160 Å². The summed E-state index contributed by atoms with van der Waals surface area (Å²) in [6.07, 6.45) is 3.81. The molecule has 3 aromatic rings. The Balaban J connectivity index is 1.60. The molecule has 0 radical (unpaired) electrons. The molecule has 146 valence electrons. The summed E-state index contributed by atoms with van der Waals surface area (Å²) in [4.78, 5) is 15.8. The molecule has 1 atom stereocenters. The molecule has 0 aliphatic carbocycles. The minimum absolute atomic E-state index is 0.0952. The molecule has 0 amide bonds. The lowest BCUT2D eigenvalue weighted by Gasteiger charge is -2.08. The third kappa shape index (κ3) is 5.30. The van der Waals surface area contributed by atoms with Crippen LogP contribution in [-0.2, 0) is 17.8 Å². The van der Waals surface area contributed by atoms with E-state index in [1.54, 1.807) is 18.5 Å². The predicted octanol–water partition coefficient (Wildman–Crippen LogP) is 1.30. The number of pyridine rings is 1. The van der Waals surface area contributed by atoms with Gasteiger partial charge in [-0.2, -0.15) is 4.80 Å². The van der Waals surface area contributed by atoms with Crippen LogP contribution in [0.3, 0.4) is 0 Å². The van der Waals surface area contributed by atoms with Gasteiger partial charge in [-0.15, -0.1) is 10.2 Å². The topological polar surface area (TPSA) is 129 Å². The first-order chi connectivity index (χ1) is 13.5. The van der Waals surface area contributed by atoms with Gasteiger partial charge in [0.2, 0.25) is 5.82 Å². The minimum atomic E-state index is -1.01. The van der Waals surface area contributed by atoms with Gasteiger partial charge in [-0.05, 0) is 41.1 Å². The Bertz CT molecular complexity index is 934. The number of halogens is 1. The molecule has 3 rings (SSSR count). The van der Waals surface area contributed by atoms with E-state index in [0.29, 0.717) is 18.6 Å². The number of carboxylic acids is 1. The Hall–Kier alpha value is -3.40. The van der Waals surface area contributed by atoms with Gasteiger partial charge in [0.15, 0.2) is 11.6 Å². The normalized spacial score (nSPS) is 11.9. The molecule has 3 N–H and O–H groups in total. The highest BCUT2D eigenvalue weighted by molar-refractivity contribution is 5.67. The van der Waals surface area contributed by atoms with E-state index in [1.807, 2.05) is 12.1 Å². The molecule has 0 bridgehead atoms. The van der Waals surface area contributed by atoms with Crippen molar-refractivity contribution in [3.63, 3.8) is 0 Å². The molecule has 0 saturated carbocycles. The van der Waals surface area contributed by atoms with Crippen molar-refractivity contribution in [1.29, 1.82) is 0 Å². The Morgan fingerprint density at radius 3 is 2.79 bits per heavy atom. The number of rotatable bonds is 9. The zero-order chi connectivity index (χ0) is 19.9. The summed E-state index contributed by atoms with van der Waals surface area (Å²) in [5.41, 5.74) is 7.18. The second-order valence-corrected chi connectivity index (χ2v) is 6.12. The standard InChI is InChI=1S/C18H19FN6O3/c19-15-9-13(18-22-24-25(23-18)11-14(20)10-17(26)27)1-2-16(15)28-8-5-12-3-6-21-7-4-12/h1-4,6-7,9,14H,5,8,10-11,20H2,(H,26,27)/t14-/m0/s1. The SMILES string of the molecule is N[C@@H](CC(=O)O)Cn1nnc(-c2ccc(OCCc3ccncc3)c(F)c2)n1. The molecule has 2 aromatic heterocycles. The molecule has 0 spiro atoms. The first kappa shape index (κ1) is 19.4. The van der Waals surface area contributed by atoms with Gasteiger partial charge in [0.1, 0.15) is 0 Å². The second kappa shape index (κ2) is 9.00. The van der Waals surface area contributed by atoms with Crippen LogP contribution in [0.4, 0.5) is 4.39 Å². The molecule has 0 aliphatic heterocycles. The smallest absolute Gasteiger partial charge is 0.304 e. The monoisotopic (exact) mass is 386 g/mol. The quantitative estimate of drug-likeness (QED) is 0.563. The molecule has 0 aliphatic rings. The number of benzene rings is 1. The van der Waals surface area contributed by atoms with Crippen LogP contribution in [0.2, 0.25) is 0 Å². The van der Waals surface area contributed by atoms with Crippen LogP contribution in [0.1, 0.15) is 12.0 Å². The third-order valence-electron chi connectivity index (χ3n) is 3.88. The number of aliphatic carboxylic acids is 1. The first-order valence-electron chi connectivity index (χ1n) is 8.58. The zero-order valence-electron chi connectivity index (χ0n) is 14.9. The van der Waals surface area contributed by atoms with E-state index < -0.39 is 17.8 Å². The number of carboxylic acid groups (broad SMARTS) is 1. The van der Waals surface area contributed by atoms with Gasteiger partial charge in [-0.3, -0.25) is 9.78 Å². The van der Waals surface area contributed by atoms with Crippen LogP contribution in [-0.4, -0.2) is 48.9 Å². The summed E-state index contributed by atoms with van der Waals surface area (Å²) in [5.74, 6) is -1.20. The van der Waals surface area contributed by atoms with Crippen molar-refractivity contribution in [3.05, 3.63) is 54.1 Å². The van der Waals surface area contributed by atoms with Crippen molar-refractivity contribution in [2.75, 3.05) is 6.61 Å². The van der Waals surface area contributed by atoms with E-state index in [9.17, 15) is 9.18 Å². The van der Waals surface area contributed by atoms with Crippen LogP contribution in [0.25, 0.3) is 11.4 Å². The van der Waals surface area contributed by atoms with Gasteiger partial charge in [-0.25, -0.2) is 4.39 Å². The zero-order valence-corrected chi connectivity index (χ0v) is 14.9. The largest absolute Gasteiger partial charge is 0.490 e. The summed E-state index contributed by atoms with van der Waals surface area (Å²) in [6.45, 7) is 0.425. The molecular weight excluding hydrogens is 367 g/mol. The van der Waals surface area contributed by atoms with E-state index >= 15 is 0 Å². The van der Waals surface area contributed by atoms with Crippen molar-refractivity contribution in [3.8, 4) is 17.1 Å². The summed E-state index contributed by atoms with van der Waals surface area (Å²) in [5, 5.41) is 20.5. The fraction of sp³-hybridized carbons (Fsp3) is 0.278. The maximum atomic E-state index is 14.3. The number of hydrogen-bond acceptors (Lipinski definition) is 7. The fourth-order valence-electron chi connectivity index (χ4n) is 2.52. The number of hydrogen-bond donors (Lipinski definition) is 2. The lowest BCUT2D eigenvalue weighted by molar-refractivity contribution is -0.137. The van der Waals surface area contributed by atoms with E-state index in [1.165, 1.54) is 16.9 Å². The highest BCUT2D eigenvalue weighted by atomic mass is 19.1. The average Bonchev–Trinajstić information content (AvgIpc) is 3.11. The fourth-order valence-corrected chi connectivity index (χ4v) is 2.52. The molecule has 0 saturated heterocycles. The third-order valence-corrected chi connectivity index (χ3v) is 3.88. The van der Waals surface area contributed by atoms with Gasteiger partial charge in [0.25, 0.3) is 0 Å². The summed E-state index contributed by atoms with van der Waals surface area (Å²) in [6, 6.07) is 7.51. The van der Waals surface area contributed by atoms with Gasteiger partial charge >= 0.3 is 5.97 Å². The number of tetrazole rings is 1. The van der Waals surface area contributed by atoms with Gasteiger partial charge < -0.3 is 15.6 Å². The Kier molecular flexibility index (Phi) is 6.22. The van der Waals surface area contributed by atoms with E-state index in [0.717, 1.165) is 5.56 Å². The van der Waals surface area contributed by atoms with Gasteiger partial charge in [0.05, 0.1) is 19.6 Å². The molecular formula is C18H19FN6O3. The maximum absolute atomic E-state index is 14.3. The van der Waals surface area contributed by atoms with Crippen molar-refractivity contribution in [2.24, 2.45) is 5.73 Å². The highest BCUT2D eigenvalue weighted by Crippen LogP contribution is 2.23. The highest BCUT2D eigenvalue weighted by Gasteiger charge is 2.14. The van der Waals surface area contributed by atoms with E-state index in [2.05, 4.69) is 20.4 Å². The van der Waals surface area contributed by atoms with Gasteiger partial charge in [-0.1, -0.05) is 0 Å². The molecule has 28 heavy (non-hydrogen) atoms. The Morgan fingerprint density at radius 2 is 2.07 bits per heavy atom. The van der Waals surface area contributed by atoms with Crippen molar-refractivity contribution >= 4 is 5.97 Å². The number of nitrogens with zero attached hydrogens (tertiary/aromatic N) is 5. The number of carbonyl (C=O) groups is 1. The predicted molar refractivity (Wildman–Crippen MR) is 96.9 cm³/mol. The molecule has 2 heterocycles. The number of aromatic nitrogens is 5. The van der Waals surface area contributed by atoms with Crippen LogP contribution in [0.5, 0.6) is 5.75 Å². The van der Waals surface area contributed by atoms with Crippen LogP contribution < -0.4 is 10.5 Å². The molecule has 1 aromatic carbocycles. The van der Waals surface area contributed by atoms with E-state index in [4.69, 9.17) is 15.6 Å². The average molecular weight is 386 g/mol. The molecule has 10 heteroatoms. The molecule has 0 unspecified atom stereocenters. The number of ether oxygens (including phenoxy) is 1. The second-order valence-electron chi connectivity index (χ2n) is 6.12. The number of nitrogens with two attached hydrogens (primary N) is 1. The summed E-state index contributed by atoms with van der Waals surface area (Å²) < 4.78 is 19.8. The molecule has 0 fully saturated rings. The van der Waals surface area contributed by atoms with Crippen LogP contribution in [0, 0.1) is 5.82 Å². The van der Waals surface area contributed by atoms with Gasteiger partial charge in [0, 0.05) is 30.4 Å². The lowest BCUT2D eigenvalue weighted by Crippen LogP contribution is -2.30. The van der Waals surface area contributed by atoms with Crippen LogP contribution >= 0.6 is 0 Å². The van der Waals surface area contributed by atoms with E-state index in [-0.39, 0.29) is 24.5 Å². The van der Waals surface area contributed by atoms with Crippen molar-refractivity contribution in [2.45, 2.75) is 25.4 Å². The lowest BCUT2D eigenvalue weighted by atomic mass is 10.2. The summed E-state index contributed by atoms with van der Waals surface area (Å²) in [7, 11) is 0. The first-order valence-corrected chi connectivity index (χ1v) is 8.58. The Morgan fingerprint density at radius 1 is 1.29 bits per heavy atom. The molecule has 9 nitrogen and oxygen atoms in total. The summed E-state index contributed by atoms with van der Waals surface area (Å²) >= 11 is 0. The van der Waals surface area contributed by atoms with Crippen molar-refractivity contribution < 1.29 is 19.0 Å². The maximum Gasteiger partial charge on any atom is 0.304 e. The minimum Gasteiger partial charge on any atom is -0.490 e.